The Bertz CT molecular complexity index is 317. The Morgan fingerprint density at radius 2 is 2.36 bits per heavy atom. The summed E-state index contributed by atoms with van der Waals surface area (Å²) in [6.07, 6.45) is 3.10. The number of aryl methyl sites for hydroxylation is 1. The molecule has 0 saturated heterocycles. The van der Waals surface area contributed by atoms with E-state index in [2.05, 4.69) is 25.9 Å². The molecule has 1 aliphatic rings. The van der Waals surface area contributed by atoms with Crippen molar-refractivity contribution in [2.24, 2.45) is 5.92 Å². The summed E-state index contributed by atoms with van der Waals surface area (Å²) in [6, 6.07) is 0. The largest absolute Gasteiger partial charge is 0.477 e. The Morgan fingerprint density at radius 1 is 1.57 bits per heavy atom. The van der Waals surface area contributed by atoms with Crippen LogP contribution in [0.3, 0.4) is 0 Å². The van der Waals surface area contributed by atoms with Gasteiger partial charge in [-0.1, -0.05) is 20.8 Å². The highest BCUT2D eigenvalue weighted by Crippen LogP contribution is 2.29. The van der Waals surface area contributed by atoms with Gasteiger partial charge in [-0.2, -0.15) is 5.10 Å². The molecular formula is C11H18N2O. The van der Waals surface area contributed by atoms with Crippen molar-refractivity contribution in [2.75, 3.05) is 6.61 Å². The fourth-order valence-corrected chi connectivity index (χ4v) is 1.75. The number of rotatable bonds is 1. The summed E-state index contributed by atoms with van der Waals surface area (Å²) in [6.45, 7) is 8.39. The lowest BCUT2D eigenvalue weighted by Gasteiger charge is -2.09. The summed E-state index contributed by atoms with van der Waals surface area (Å²) in [7, 11) is 0. The Kier molecular flexibility index (Phi) is 2.48. The van der Waals surface area contributed by atoms with Crippen LogP contribution >= 0.6 is 0 Å². The molecule has 0 amide bonds. The van der Waals surface area contributed by atoms with Gasteiger partial charge in [0.25, 0.3) is 0 Å². The third kappa shape index (κ3) is 1.63. The molecule has 1 atom stereocenters. The third-order valence-corrected chi connectivity index (χ3v) is 2.78. The zero-order valence-corrected chi connectivity index (χ0v) is 9.16. The minimum absolute atomic E-state index is 0.493. The summed E-state index contributed by atoms with van der Waals surface area (Å²) in [5.74, 6) is 2.12. The van der Waals surface area contributed by atoms with E-state index in [0.29, 0.717) is 11.8 Å². The summed E-state index contributed by atoms with van der Waals surface area (Å²) in [5, 5.41) is 4.36. The van der Waals surface area contributed by atoms with Crippen LogP contribution in [-0.2, 0) is 6.54 Å². The van der Waals surface area contributed by atoms with Gasteiger partial charge >= 0.3 is 0 Å². The fourth-order valence-electron chi connectivity index (χ4n) is 1.75. The van der Waals surface area contributed by atoms with E-state index in [1.54, 1.807) is 0 Å². The van der Waals surface area contributed by atoms with Gasteiger partial charge in [0.15, 0.2) is 0 Å². The van der Waals surface area contributed by atoms with Crippen molar-refractivity contribution in [3.05, 3.63) is 11.8 Å². The van der Waals surface area contributed by atoms with E-state index in [1.165, 1.54) is 5.56 Å². The molecule has 0 aliphatic carbocycles. The molecule has 0 bridgehead atoms. The van der Waals surface area contributed by atoms with E-state index >= 15 is 0 Å². The molecule has 0 radical (unpaired) electrons. The maximum atomic E-state index is 5.79. The molecule has 0 saturated carbocycles. The average Bonchev–Trinajstić information content (AvgIpc) is 2.46. The van der Waals surface area contributed by atoms with Gasteiger partial charge < -0.3 is 4.74 Å². The van der Waals surface area contributed by atoms with Crippen LogP contribution in [0.2, 0.25) is 0 Å². The molecule has 14 heavy (non-hydrogen) atoms. The first-order valence-electron chi connectivity index (χ1n) is 5.37. The lowest BCUT2D eigenvalue weighted by Crippen LogP contribution is -2.06. The molecule has 2 heterocycles. The van der Waals surface area contributed by atoms with Gasteiger partial charge in [0.2, 0.25) is 5.88 Å². The zero-order valence-electron chi connectivity index (χ0n) is 9.16. The number of nitrogens with zero attached hydrogens (tertiary/aromatic N) is 2. The van der Waals surface area contributed by atoms with Crippen LogP contribution < -0.4 is 4.74 Å². The minimum Gasteiger partial charge on any atom is -0.477 e. The van der Waals surface area contributed by atoms with Crippen LogP contribution in [0.15, 0.2) is 6.20 Å². The highest BCUT2D eigenvalue weighted by Gasteiger charge is 2.19. The Balaban J connectivity index is 2.29. The van der Waals surface area contributed by atoms with Crippen molar-refractivity contribution < 1.29 is 4.74 Å². The molecule has 3 nitrogen and oxygen atoms in total. The first-order valence-corrected chi connectivity index (χ1v) is 5.37. The van der Waals surface area contributed by atoms with E-state index in [4.69, 9.17) is 4.74 Å². The van der Waals surface area contributed by atoms with Gasteiger partial charge in [-0.25, -0.2) is 4.68 Å². The van der Waals surface area contributed by atoms with Crippen molar-refractivity contribution in [1.29, 1.82) is 0 Å². The second-order valence-corrected chi connectivity index (χ2v) is 4.49. The molecule has 0 aromatic carbocycles. The second-order valence-electron chi connectivity index (χ2n) is 4.49. The monoisotopic (exact) mass is 194 g/mol. The van der Waals surface area contributed by atoms with Gasteiger partial charge in [0.1, 0.15) is 0 Å². The van der Waals surface area contributed by atoms with Crippen molar-refractivity contribution in [1.82, 2.24) is 9.78 Å². The summed E-state index contributed by atoms with van der Waals surface area (Å²) < 4.78 is 7.79. The van der Waals surface area contributed by atoms with Crippen molar-refractivity contribution in [3.8, 4) is 5.88 Å². The van der Waals surface area contributed by atoms with Crippen molar-refractivity contribution >= 4 is 0 Å². The maximum absolute atomic E-state index is 5.79. The quantitative estimate of drug-likeness (QED) is 0.686. The third-order valence-electron chi connectivity index (χ3n) is 2.78. The molecule has 1 aromatic heterocycles. The molecule has 1 unspecified atom stereocenters. The molecule has 3 heteroatoms. The van der Waals surface area contributed by atoms with E-state index in [1.807, 2.05) is 10.9 Å². The number of ether oxygens (including phenoxy) is 1. The van der Waals surface area contributed by atoms with E-state index in [0.717, 1.165) is 25.5 Å². The molecule has 1 aromatic rings. The smallest absolute Gasteiger partial charge is 0.215 e. The van der Waals surface area contributed by atoms with Crippen LogP contribution in [0.5, 0.6) is 5.88 Å². The maximum Gasteiger partial charge on any atom is 0.215 e. The van der Waals surface area contributed by atoms with Gasteiger partial charge in [-0.15, -0.1) is 0 Å². The highest BCUT2D eigenvalue weighted by molar-refractivity contribution is 5.27. The van der Waals surface area contributed by atoms with Crippen molar-refractivity contribution in [3.63, 3.8) is 0 Å². The Hall–Kier alpha value is -0.990. The summed E-state index contributed by atoms with van der Waals surface area (Å²) in [5.41, 5.74) is 1.24. The van der Waals surface area contributed by atoms with E-state index in [-0.39, 0.29) is 0 Å². The molecule has 0 spiro atoms. The molecule has 0 fully saturated rings. The normalized spacial score (nSPS) is 21.6. The highest BCUT2D eigenvalue weighted by atomic mass is 16.5. The molecule has 2 rings (SSSR count). The number of fused-ring (bicyclic) bond motifs is 1. The minimum atomic E-state index is 0.493. The second kappa shape index (κ2) is 3.64. The molecule has 1 aliphatic heterocycles. The first kappa shape index (κ1) is 9.56. The lowest BCUT2D eigenvalue weighted by atomic mass is 10.1. The topological polar surface area (TPSA) is 27.1 Å². The predicted octanol–water partition coefficient (Wildman–Crippen LogP) is 2.43. The predicted molar refractivity (Wildman–Crippen MR) is 55.6 cm³/mol. The molecule has 78 valence electrons. The van der Waals surface area contributed by atoms with E-state index < -0.39 is 0 Å². The van der Waals surface area contributed by atoms with Crippen LogP contribution in [0.25, 0.3) is 0 Å². The summed E-state index contributed by atoms with van der Waals surface area (Å²) in [4.78, 5) is 0. The van der Waals surface area contributed by atoms with Gasteiger partial charge in [-0.05, 0) is 18.3 Å². The van der Waals surface area contributed by atoms with Crippen LogP contribution in [0.4, 0.5) is 0 Å². The van der Waals surface area contributed by atoms with Gasteiger partial charge in [0, 0.05) is 12.1 Å². The number of aromatic nitrogens is 2. The van der Waals surface area contributed by atoms with Crippen molar-refractivity contribution in [2.45, 2.75) is 39.7 Å². The van der Waals surface area contributed by atoms with Gasteiger partial charge in [0.05, 0.1) is 12.8 Å². The lowest BCUT2D eigenvalue weighted by molar-refractivity contribution is 0.257. The number of hydrogen-bond acceptors (Lipinski definition) is 2. The Labute approximate surface area is 85.1 Å². The van der Waals surface area contributed by atoms with Crippen LogP contribution in [-0.4, -0.2) is 16.4 Å². The van der Waals surface area contributed by atoms with E-state index in [9.17, 15) is 0 Å². The molecular weight excluding hydrogens is 176 g/mol. The zero-order chi connectivity index (χ0) is 10.1. The standard InChI is InChI=1S/C11H18N2O/c1-8(2)10-6-12-13-5-4-9(3)7-14-11(10)13/h6,8-9H,4-5,7H2,1-3H3. The van der Waals surface area contributed by atoms with Gasteiger partial charge in [-0.3, -0.25) is 0 Å². The SMILES string of the molecule is CC1CCn2ncc(C(C)C)c2OC1. The average molecular weight is 194 g/mol. The fraction of sp³-hybridized carbons (Fsp3) is 0.727. The molecule has 0 N–H and O–H groups in total. The van der Waals surface area contributed by atoms with Crippen LogP contribution in [0.1, 0.15) is 38.7 Å². The van der Waals surface area contributed by atoms with Crippen LogP contribution in [0, 0.1) is 5.92 Å². The Morgan fingerprint density at radius 3 is 3.07 bits per heavy atom. The first-order chi connectivity index (χ1) is 6.68. The number of hydrogen-bond donors (Lipinski definition) is 0. The summed E-state index contributed by atoms with van der Waals surface area (Å²) >= 11 is 0.